The van der Waals surface area contributed by atoms with Crippen LogP contribution in [0.25, 0.3) is 0 Å². The van der Waals surface area contributed by atoms with Gasteiger partial charge in [0, 0.05) is 11.6 Å². The predicted molar refractivity (Wildman–Crippen MR) is 71.2 cm³/mol. The third-order valence-corrected chi connectivity index (χ3v) is 4.27. The van der Waals surface area contributed by atoms with Gasteiger partial charge in [0.25, 0.3) is 0 Å². The van der Waals surface area contributed by atoms with Gasteiger partial charge < -0.3 is 8.92 Å². The number of rotatable bonds is 0. The van der Waals surface area contributed by atoms with Gasteiger partial charge >= 0.3 is 10.3 Å². The van der Waals surface area contributed by atoms with Gasteiger partial charge in [0.2, 0.25) is 0 Å². The van der Waals surface area contributed by atoms with Gasteiger partial charge in [-0.25, -0.2) is 0 Å². The molecule has 0 saturated carbocycles. The molecule has 6 heteroatoms. The maximum Gasteiger partial charge on any atom is 0.428 e. The fourth-order valence-electron chi connectivity index (χ4n) is 2.38. The summed E-state index contributed by atoms with van der Waals surface area (Å²) >= 11 is 0. The Hall–Kier alpha value is -1.56. The maximum absolute atomic E-state index is 11.5. The van der Waals surface area contributed by atoms with E-state index in [0.717, 1.165) is 24.0 Å². The van der Waals surface area contributed by atoms with E-state index < -0.39 is 10.3 Å². The molecule has 0 aliphatic carbocycles. The van der Waals surface area contributed by atoms with Crippen molar-refractivity contribution in [2.45, 2.75) is 39.2 Å². The van der Waals surface area contributed by atoms with E-state index in [4.69, 9.17) is 8.92 Å². The Morgan fingerprint density at radius 1 is 1.26 bits per heavy atom. The first-order chi connectivity index (χ1) is 8.76. The molecular weight excluding hydrogens is 266 g/mol. The molecule has 0 amide bonds. The molecule has 2 aliphatic rings. The molecule has 0 radical (unpaired) electrons. The molecule has 1 aromatic carbocycles. The third-order valence-electron chi connectivity index (χ3n) is 3.38. The van der Waals surface area contributed by atoms with Crippen LogP contribution in [-0.2, 0) is 16.7 Å². The highest BCUT2D eigenvalue weighted by Gasteiger charge is 2.30. The van der Waals surface area contributed by atoms with Crippen molar-refractivity contribution in [1.82, 2.24) is 0 Å². The predicted octanol–water partition coefficient (Wildman–Crippen LogP) is 2.24. The SMILES string of the molecule is CC1=NS(=O)(=O)Oc2cc3c(cc21)CCC(C)(C)O3. The average Bonchev–Trinajstić information content (AvgIpc) is 2.24. The van der Waals surface area contributed by atoms with Gasteiger partial charge in [0.1, 0.15) is 11.4 Å². The molecule has 1 aromatic rings. The summed E-state index contributed by atoms with van der Waals surface area (Å²) < 4.78 is 37.3. The molecule has 0 fully saturated rings. The lowest BCUT2D eigenvalue weighted by molar-refractivity contribution is 0.0845. The summed E-state index contributed by atoms with van der Waals surface area (Å²) in [6.07, 6.45) is 1.82. The molecule has 0 bridgehead atoms. The van der Waals surface area contributed by atoms with E-state index >= 15 is 0 Å². The number of ether oxygens (including phenoxy) is 1. The van der Waals surface area contributed by atoms with E-state index in [0.29, 0.717) is 17.2 Å². The van der Waals surface area contributed by atoms with Crippen molar-refractivity contribution in [2.24, 2.45) is 4.40 Å². The van der Waals surface area contributed by atoms with Crippen LogP contribution in [0.15, 0.2) is 16.5 Å². The quantitative estimate of drug-likeness (QED) is 0.731. The number of aryl methyl sites for hydroxylation is 1. The highest BCUT2D eigenvalue weighted by atomic mass is 32.2. The van der Waals surface area contributed by atoms with Crippen molar-refractivity contribution in [3.05, 3.63) is 23.3 Å². The first kappa shape index (κ1) is 12.5. The van der Waals surface area contributed by atoms with E-state index in [1.165, 1.54) is 0 Å². The fourth-order valence-corrected chi connectivity index (χ4v) is 3.22. The van der Waals surface area contributed by atoms with Crippen LogP contribution < -0.4 is 8.92 Å². The van der Waals surface area contributed by atoms with Crippen molar-refractivity contribution in [2.75, 3.05) is 0 Å². The Morgan fingerprint density at radius 2 is 2.00 bits per heavy atom. The smallest absolute Gasteiger partial charge is 0.428 e. The van der Waals surface area contributed by atoms with Crippen LogP contribution >= 0.6 is 0 Å². The summed E-state index contributed by atoms with van der Waals surface area (Å²) in [5.41, 5.74) is 2.00. The lowest BCUT2D eigenvalue weighted by Crippen LogP contribution is -2.32. The molecule has 19 heavy (non-hydrogen) atoms. The van der Waals surface area contributed by atoms with Gasteiger partial charge in [0.15, 0.2) is 5.75 Å². The van der Waals surface area contributed by atoms with Gasteiger partial charge in [0.05, 0.1) is 5.71 Å². The molecule has 0 aromatic heterocycles. The summed E-state index contributed by atoms with van der Waals surface area (Å²) in [4.78, 5) is 0. The Morgan fingerprint density at radius 3 is 2.74 bits per heavy atom. The second kappa shape index (κ2) is 3.72. The zero-order valence-electron chi connectivity index (χ0n) is 11.1. The fraction of sp³-hybridized carbons (Fsp3) is 0.462. The van der Waals surface area contributed by atoms with Crippen molar-refractivity contribution in [3.8, 4) is 11.5 Å². The zero-order chi connectivity index (χ0) is 13.8. The Labute approximate surface area is 112 Å². The van der Waals surface area contributed by atoms with Gasteiger partial charge in [-0.15, -0.1) is 4.40 Å². The zero-order valence-corrected chi connectivity index (χ0v) is 11.9. The van der Waals surface area contributed by atoms with Crippen LogP contribution in [0.5, 0.6) is 11.5 Å². The minimum absolute atomic E-state index is 0.238. The number of benzene rings is 1. The average molecular weight is 281 g/mol. The summed E-state index contributed by atoms with van der Waals surface area (Å²) in [7, 11) is -3.87. The molecule has 3 rings (SSSR count). The van der Waals surface area contributed by atoms with Crippen LogP contribution in [0.3, 0.4) is 0 Å². The molecule has 2 aliphatic heterocycles. The van der Waals surface area contributed by atoms with Crippen molar-refractivity contribution in [1.29, 1.82) is 0 Å². The van der Waals surface area contributed by atoms with Gasteiger partial charge in [-0.2, -0.15) is 8.42 Å². The molecule has 0 spiro atoms. The van der Waals surface area contributed by atoms with Crippen molar-refractivity contribution < 1.29 is 17.3 Å². The van der Waals surface area contributed by atoms with E-state index in [-0.39, 0.29) is 5.60 Å². The van der Waals surface area contributed by atoms with Crippen LogP contribution in [0.1, 0.15) is 38.3 Å². The second-order valence-electron chi connectivity index (χ2n) is 5.51. The van der Waals surface area contributed by atoms with Crippen LogP contribution in [0.2, 0.25) is 0 Å². The lowest BCUT2D eigenvalue weighted by atomic mass is 9.92. The number of fused-ring (bicyclic) bond motifs is 2. The van der Waals surface area contributed by atoms with E-state index in [9.17, 15) is 8.42 Å². The third kappa shape index (κ3) is 2.20. The van der Waals surface area contributed by atoms with Gasteiger partial charge in [-0.05, 0) is 45.2 Å². The van der Waals surface area contributed by atoms with Crippen LogP contribution in [0, 0.1) is 0 Å². The van der Waals surface area contributed by atoms with Gasteiger partial charge in [-0.3, -0.25) is 0 Å². The summed E-state index contributed by atoms with van der Waals surface area (Å²) in [6.45, 7) is 5.69. The van der Waals surface area contributed by atoms with Crippen LogP contribution in [-0.4, -0.2) is 19.7 Å². The van der Waals surface area contributed by atoms with E-state index in [1.54, 1.807) is 13.0 Å². The normalized spacial score (nSPS) is 22.4. The summed E-state index contributed by atoms with van der Waals surface area (Å²) in [5, 5.41) is 0. The van der Waals surface area contributed by atoms with Crippen LogP contribution in [0.4, 0.5) is 0 Å². The second-order valence-corrected chi connectivity index (χ2v) is 6.71. The van der Waals surface area contributed by atoms with E-state index in [1.807, 2.05) is 19.9 Å². The molecule has 5 nitrogen and oxygen atoms in total. The maximum atomic E-state index is 11.5. The summed E-state index contributed by atoms with van der Waals surface area (Å²) in [5.74, 6) is 0.990. The van der Waals surface area contributed by atoms with Gasteiger partial charge in [-0.1, -0.05) is 0 Å². The Bertz CT molecular complexity index is 689. The standard InChI is InChI=1S/C13H15NO4S/c1-8-10-6-9-4-5-13(2,3)17-11(9)7-12(10)18-19(15,16)14-8/h6-7H,4-5H2,1-3H3. The molecule has 102 valence electrons. The number of hydrogen-bond acceptors (Lipinski definition) is 4. The highest BCUT2D eigenvalue weighted by molar-refractivity contribution is 7.86. The molecule has 2 heterocycles. The molecule has 0 N–H and O–H groups in total. The Kier molecular flexibility index (Phi) is 2.44. The summed E-state index contributed by atoms with van der Waals surface area (Å²) in [6, 6.07) is 3.56. The lowest BCUT2D eigenvalue weighted by Gasteiger charge is -2.33. The monoisotopic (exact) mass is 281 g/mol. The molecule has 0 unspecified atom stereocenters. The molecular formula is C13H15NO4S. The van der Waals surface area contributed by atoms with Crippen molar-refractivity contribution in [3.63, 3.8) is 0 Å². The van der Waals surface area contributed by atoms with Crippen molar-refractivity contribution >= 4 is 16.0 Å². The largest absolute Gasteiger partial charge is 0.487 e. The minimum atomic E-state index is -3.87. The Balaban J connectivity index is 2.14. The first-order valence-corrected chi connectivity index (χ1v) is 7.50. The topological polar surface area (TPSA) is 65.0 Å². The first-order valence-electron chi connectivity index (χ1n) is 6.13. The number of nitrogens with zero attached hydrogens (tertiary/aromatic N) is 1. The highest BCUT2D eigenvalue weighted by Crippen LogP contribution is 2.39. The minimum Gasteiger partial charge on any atom is -0.487 e. The molecule has 0 atom stereocenters. The molecule has 0 saturated heterocycles. The number of hydrogen-bond donors (Lipinski definition) is 0. The van der Waals surface area contributed by atoms with E-state index in [2.05, 4.69) is 4.40 Å².